The smallest absolute Gasteiger partial charge is 0.287 e. The number of nitriles is 1. The maximum absolute atomic E-state index is 11.0. The van der Waals surface area contributed by atoms with Crippen LogP contribution in [0.4, 0.5) is 11.4 Å². The largest absolute Gasteiger partial charge is 0.372 e. The second-order valence-corrected chi connectivity index (χ2v) is 10.7. The Hall–Kier alpha value is -4.24. The van der Waals surface area contributed by atoms with Gasteiger partial charge in [-0.25, -0.2) is 0 Å². The van der Waals surface area contributed by atoms with Crippen molar-refractivity contribution >= 4 is 35.7 Å². The molecule has 3 rings (SSSR count). The monoisotopic (exact) mass is 564 g/mol. The first-order valence-electron chi connectivity index (χ1n) is 15.4. The van der Waals surface area contributed by atoms with E-state index in [0.717, 1.165) is 29.9 Å². The lowest BCUT2D eigenvalue weighted by atomic mass is 10.1. The summed E-state index contributed by atoms with van der Waals surface area (Å²) in [5, 5.41) is 20.2. The van der Waals surface area contributed by atoms with Gasteiger partial charge in [-0.1, -0.05) is 102 Å². The maximum Gasteiger partial charge on any atom is 0.287 e. The number of hydrogen-bond donors (Lipinski definition) is 0. The van der Waals surface area contributed by atoms with Gasteiger partial charge < -0.3 is 4.90 Å². The number of nitro benzene ring substituents is 1. The highest BCUT2D eigenvalue weighted by Gasteiger charge is 2.12. The van der Waals surface area contributed by atoms with Crippen molar-refractivity contribution in [1.29, 1.82) is 5.26 Å². The Labute approximate surface area is 251 Å². The molecule has 6 heteroatoms. The average Bonchev–Trinajstić information content (AvgIpc) is 3.02. The van der Waals surface area contributed by atoms with Gasteiger partial charge in [0.1, 0.15) is 11.6 Å². The number of anilines is 1. The van der Waals surface area contributed by atoms with Crippen molar-refractivity contribution in [2.24, 2.45) is 0 Å². The Morgan fingerprint density at radius 3 is 1.90 bits per heavy atom. The summed E-state index contributed by atoms with van der Waals surface area (Å²) in [7, 11) is 0. The minimum absolute atomic E-state index is 0.0427. The first-order chi connectivity index (χ1) is 20.5. The maximum atomic E-state index is 11.0. The van der Waals surface area contributed by atoms with Crippen molar-refractivity contribution in [3.05, 3.63) is 98.9 Å². The van der Waals surface area contributed by atoms with E-state index in [9.17, 15) is 15.4 Å². The zero-order valence-electron chi connectivity index (χ0n) is 25.2. The van der Waals surface area contributed by atoms with Crippen LogP contribution in [0.3, 0.4) is 0 Å². The number of aromatic nitrogens is 1. The lowest BCUT2D eigenvalue weighted by Crippen LogP contribution is -2.25. The van der Waals surface area contributed by atoms with Crippen LogP contribution in [-0.2, 0) is 0 Å². The summed E-state index contributed by atoms with van der Waals surface area (Å²) in [4.78, 5) is 17.6. The summed E-state index contributed by atoms with van der Waals surface area (Å²) in [6, 6.07) is 19.2. The van der Waals surface area contributed by atoms with Crippen molar-refractivity contribution in [2.45, 2.75) is 78.1 Å². The third-order valence-electron chi connectivity index (χ3n) is 7.38. The van der Waals surface area contributed by atoms with E-state index in [1.54, 1.807) is 12.1 Å². The number of hydrogen-bond acceptors (Lipinski definition) is 5. The van der Waals surface area contributed by atoms with E-state index in [-0.39, 0.29) is 11.3 Å². The van der Waals surface area contributed by atoms with Crippen LogP contribution in [0.15, 0.2) is 60.8 Å². The summed E-state index contributed by atoms with van der Waals surface area (Å²) >= 11 is 0. The van der Waals surface area contributed by atoms with E-state index in [1.807, 2.05) is 30.5 Å². The summed E-state index contributed by atoms with van der Waals surface area (Å²) in [6.07, 6.45) is 22.6. The number of benzene rings is 2. The molecule has 0 saturated heterocycles. The van der Waals surface area contributed by atoms with Crippen molar-refractivity contribution in [3.8, 4) is 6.07 Å². The molecule has 0 amide bonds. The van der Waals surface area contributed by atoms with Crippen LogP contribution in [-0.4, -0.2) is 23.0 Å². The molecule has 6 nitrogen and oxygen atoms in total. The van der Waals surface area contributed by atoms with Crippen LogP contribution >= 0.6 is 0 Å². The SMILES string of the molecule is CCCCCCCN(CCCCCCC)c1ccc(/C=C/c2ccc(/C=C/c3ccc([N+](=O)[O-])c(C#N)c3)nc2)cc1. The second kappa shape index (κ2) is 18.2. The molecule has 220 valence electrons. The second-order valence-electron chi connectivity index (χ2n) is 10.7. The molecule has 0 atom stereocenters. The highest BCUT2D eigenvalue weighted by Crippen LogP contribution is 2.21. The lowest BCUT2D eigenvalue weighted by molar-refractivity contribution is -0.385. The number of pyridine rings is 1. The molecular weight excluding hydrogens is 520 g/mol. The van der Waals surface area contributed by atoms with Gasteiger partial charge in [-0.2, -0.15) is 5.26 Å². The van der Waals surface area contributed by atoms with Gasteiger partial charge in [-0.3, -0.25) is 15.1 Å². The summed E-state index contributed by atoms with van der Waals surface area (Å²) in [5.41, 5.74) is 4.79. The molecule has 0 radical (unpaired) electrons. The number of nitro groups is 1. The lowest BCUT2D eigenvalue weighted by Gasteiger charge is -2.25. The Morgan fingerprint density at radius 1 is 0.762 bits per heavy atom. The minimum atomic E-state index is -0.546. The van der Waals surface area contributed by atoms with E-state index in [0.29, 0.717) is 5.56 Å². The standard InChI is InChI=1S/C36H44N4O2/c1-3-5-7-9-11-25-39(26-12-10-8-6-4-2)35-22-17-30(18-23-35)13-14-32-16-21-34(38-29-32)20-15-31-19-24-36(40(41)42)33(27-31)28-37/h13-24,27,29H,3-12,25-26H2,1-2H3/b14-13+,20-15+. The van der Waals surface area contributed by atoms with Crippen molar-refractivity contribution < 1.29 is 4.92 Å². The molecule has 42 heavy (non-hydrogen) atoms. The normalized spacial score (nSPS) is 11.3. The molecule has 0 aliphatic heterocycles. The first-order valence-corrected chi connectivity index (χ1v) is 15.4. The van der Waals surface area contributed by atoms with Crippen LogP contribution < -0.4 is 4.90 Å². The van der Waals surface area contributed by atoms with Gasteiger partial charge in [-0.15, -0.1) is 0 Å². The van der Waals surface area contributed by atoms with Crippen LogP contribution in [0.25, 0.3) is 24.3 Å². The Balaban J connectivity index is 1.58. The molecule has 0 aliphatic carbocycles. The number of nitrogens with zero attached hydrogens (tertiary/aromatic N) is 4. The zero-order valence-corrected chi connectivity index (χ0v) is 25.2. The van der Waals surface area contributed by atoms with Crippen molar-refractivity contribution in [3.63, 3.8) is 0 Å². The summed E-state index contributed by atoms with van der Waals surface area (Å²) in [6.45, 7) is 6.79. The van der Waals surface area contributed by atoms with Crippen LogP contribution in [0.1, 0.15) is 106 Å². The third kappa shape index (κ3) is 11.0. The Kier molecular flexibility index (Phi) is 14.0. The van der Waals surface area contributed by atoms with E-state index >= 15 is 0 Å². The van der Waals surface area contributed by atoms with Gasteiger partial charge in [0.05, 0.1) is 10.6 Å². The summed E-state index contributed by atoms with van der Waals surface area (Å²) in [5.74, 6) is 0. The highest BCUT2D eigenvalue weighted by atomic mass is 16.6. The minimum Gasteiger partial charge on any atom is -0.372 e. The quantitative estimate of drug-likeness (QED) is 0.0872. The molecule has 0 aliphatic rings. The molecule has 1 heterocycles. The molecule has 0 spiro atoms. The molecule has 0 N–H and O–H groups in total. The molecule has 0 bridgehead atoms. The van der Waals surface area contributed by atoms with Gasteiger partial charge in [0, 0.05) is 31.0 Å². The predicted molar refractivity (Wildman–Crippen MR) is 176 cm³/mol. The van der Waals surface area contributed by atoms with Gasteiger partial charge in [0.2, 0.25) is 0 Å². The molecule has 2 aromatic carbocycles. The molecule has 3 aromatic rings. The average molecular weight is 565 g/mol. The van der Waals surface area contributed by atoms with E-state index < -0.39 is 4.92 Å². The predicted octanol–water partition coefficient (Wildman–Crippen LogP) is 9.95. The van der Waals surface area contributed by atoms with E-state index in [4.69, 9.17) is 0 Å². The number of unbranched alkanes of at least 4 members (excludes halogenated alkanes) is 8. The van der Waals surface area contributed by atoms with Gasteiger partial charge in [-0.05, 0) is 65.9 Å². The molecule has 0 fully saturated rings. The van der Waals surface area contributed by atoms with Crippen molar-refractivity contribution in [1.82, 2.24) is 4.98 Å². The number of rotatable bonds is 18. The van der Waals surface area contributed by atoms with Gasteiger partial charge >= 0.3 is 0 Å². The fourth-order valence-electron chi connectivity index (χ4n) is 4.87. The summed E-state index contributed by atoms with van der Waals surface area (Å²) < 4.78 is 0. The van der Waals surface area contributed by atoms with Crippen LogP contribution in [0.2, 0.25) is 0 Å². The van der Waals surface area contributed by atoms with Crippen molar-refractivity contribution in [2.75, 3.05) is 18.0 Å². The fraction of sp³-hybridized carbons (Fsp3) is 0.389. The molecule has 0 saturated carbocycles. The van der Waals surface area contributed by atoms with E-state index in [2.05, 4.69) is 60.1 Å². The zero-order chi connectivity index (χ0) is 30.0. The highest BCUT2D eigenvalue weighted by molar-refractivity contribution is 5.72. The first kappa shape index (κ1) is 32.3. The van der Waals surface area contributed by atoms with Crippen LogP contribution in [0.5, 0.6) is 0 Å². The molecule has 0 unspecified atom stereocenters. The molecular formula is C36H44N4O2. The fourth-order valence-corrected chi connectivity index (χ4v) is 4.87. The molecule has 1 aromatic heterocycles. The van der Waals surface area contributed by atoms with Crippen LogP contribution in [0, 0.1) is 21.4 Å². The third-order valence-corrected chi connectivity index (χ3v) is 7.38. The Bertz CT molecular complexity index is 1320. The topological polar surface area (TPSA) is 83.1 Å². The van der Waals surface area contributed by atoms with Gasteiger partial charge in [0.25, 0.3) is 5.69 Å². The Morgan fingerprint density at radius 2 is 1.33 bits per heavy atom. The van der Waals surface area contributed by atoms with E-state index in [1.165, 1.54) is 82.0 Å². The van der Waals surface area contributed by atoms with Gasteiger partial charge in [0.15, 0.2) is 0 Å².